The van der Waals surface area contributed by atoms with Gasteiger partial charge in [0.05, 0.1) is 0 Å². The highest BCUT2D eigenvalue weighted by molar-refractivity contribution is 5.41. The van der Waals surface area contributed by atoms with E-state index in [9.17, 15) is 0 Å². The van der Waals surface area contributed by atoms with Gasteiger partial charge in [-0.15, -0.1) is 0 Å². The quantitative estimate of drug-likeness (QED) is 0.840. The monoisotopic (exact) mass is 230 g/mol. The second-order valence-corrected chi connectivity index (χ2v) is 6.23. The van der Waals surface area contributed by atoms with Gasteiger partial charge in [0.25, 0.3) is 0 Å². The van der Waals surface area contributed by atoms with E-state index in [1.807, 2.05) is 0 Å². The lowest BCUT2D eigenvalue weighted by atomic mass is 9.87. The summed E-state index contributed by atoms with van der Waals surface area (Å²) in [5, 5.41) is 3.65. The molecular formula is C15H22N2. The van der Waals surface area contributed by atoms with Gasteiger partial charge in [-0.05, 0) is 49.1 Å². The zero-order valence-electron chi connectivity index (χ0n) is 10.9. The van der Waals surface area contributed by atoms with Crippen LogP contribution in [0.25, 0.3) is 0 Å². The molecule has 0 saturated heterocycles. The normalized spacial score (nSPS) is 25.9. The van der Waals surface area contributed by atoms with Crippen LogP contribution < -0.4 is 5.32 Å². The summed E-state index contributed by atoms with van der Waals surface area (Å²) in [5.41, 5.74) is 3.20. The molecule has 0 amide bonds. The number of fused-ring (bicyclic) bond motifs is 1. The first kappa shape index (κ1) is 11.1. The summed E-state index contributed by atoms with van der Waals surface area (Å²) in [6.07, 6.45) is 7.62. The zero-order valence-corrected chi connectivity index (χ0v) is 10.9. The molecule has 0 aliphatic heterocycles. The molecular weight excluding hydrogens is 208 g/mol. The number of hydrogen-bond acceptors (Lipinski definition) is 2. The fraction of sp³-hybridized carbons (Fsp3) is 0.667. The van der Waals surface area contributed by atoms with Gasteiger partial charge in [-0.25, -0.2) is 4.98 Å². The Morgan fingerprint density at radius 3 is 2.88 bits per heavy atom. The number of nitrogens with one attached hydrogen (secondary N) is 1. The third kappa shape index (κ3) is 2.05. The van der Waals surface area contributed by atoms with Crippen molar-refractivity contribution in [2.24, 2.45) is 5.41 Å². The van der Waals surface area contributed by atoms with Gasteiger partial charge in [0.15, 0.2) is 0 Å². The maximum atomic E-state index is 4.77. The average Bonchev–Trinajstić information content (AvgIpc) is 2.85. The van der Waals surface area contributed by atoms with Crippen LogP contribution in [-0.2, 0) is 12.8 Å². The molecule has 92 valence electrons. The Bertz CT molecular complexity index is 423. The predicted molar refractivity (Wildman–Crippen MR) is 71.3 cm³/mol. The minimum atomic E-state index is 0.417. The van der Waals surface area contributed by atoms with Crippen LogP contribution in [-0.4, -0.2) is 11.0 Å². The Morgan fingerprint density at radius 2 is 2.12 bits per heavy atom. The Kier molecular flexibility index (Phi) is 2.61. The van der Waals surface area contributed by atoms with Crippen LogP contribution in [0.4, 0.5) is 5.82 Å². The number of nitrogens with zero attached hydrogens (tertiary/aromatic N) is 1. The fourth-order valence-corrected chi connectivity index (χ4v) is 3.27. The molecule has 1 fully saturated rings. The number of aryl methyl sites for hydroxylation is 2. The Balaban J connectivity index is 1.77. The fourth-order valence-electron chi connectivity index (χ4n) is 3.27. The number of anilines is 1. The van der Waals surface area contributed by atoms with Gasteiger partial charge < -0.3 is 5.32 Å². The molecule has 1 unspecified atom stereocenters. The summed E-state index contributed by atoms with van der Waals surface area (Å²) in [6, 6.07) is 5.02. The van der Waals surface area contributed by atoms with Crippen molar-refractivity contribution in [1.29, 1.82) is 0 Å². The highest BCUT2D eigenvalue weighted by Gasteiger charge is 2.34. The molecule has 2 nitrogen and oxygen atoms in total. The van der Waals surface area contributed by atoms with E-state index in [1.165, 1.54) is 49.8 Å². The summed E-state index contributed by atoms with van der Waals surface area (Å²) >= 11 is 0. The molecule has 0 spiro atoms. The summed E-state index contributed by atoms with van der Waals surface area (Å²) in [4.78, 5) is 4.77. The standard InChI is InChI=1S/C15H22N2/c1-15(2)10-4-7-13(15)17-14-9-8-11-5-3-6-12(11)16-14/h8-9,13H,3-7,10H2,1-2H3,(H,16,17). The first-order valence-electron chi connectivity index (χ1n) is 6.90. The lowest BCUT2D eigenvalue weighted by Crippen LogP contribution is -2.31. The van der Waals surface area contributed by atoms with Gasteiger partial charge in [0.2, 0.25) is 0 Å². The van der Waals surface area contributed by atoms with E-state index < -0.39 is 0 Å². The van der Waals surface area contributed by atoms with E-state index in [1.54, 1.807) is 0 Å². The summed E-state index contributed by atoms with van der Waals surface area (Å²) in [5.74, 6) is 1.09. The molecule has 17 heavy (non-hydrogen) atoms. The van der Waals surface area contributed by atoms with Crippen molar-refractivity contribution in [1.82, 2.24) is 4.98 Å². The highest BCUT2D eigenvalue weighted by atomic mass is 15.0. The predicted octanol–water partition coefficient (Wildman–Crippen LogP) is 3.56. The van der Waals surface area contributed by atoms with E-state index >= 15 is 0 Å². The second kappa shape index (κ2) is 4.01. The maximum absolute atomic E-state index is 4.77. The lowest BCUT2D eigenvalue weighted by molar-refractivity contribution is 0.349. The maximum Gasteiger partial charge on any atom is 0.126 e. The average molecular weight is 230 g/mol. The van der Waals surface area contributed by atoms with Crippen molar-refractivity contribution in [3.63, 3.8) is 0 Å². The Morgan fingerprint density at radius 1 is 1.24 bits per heavy atom. The van der Waals surface area contributed by atoms with Crippen molar-refractivity contribution < 1.29 is 0 Å². The van der Waals surface area contributed by atoms with Gasteiger partial charge in [-0.3, -0.25) is 0 Å². The SMILES string of the molecule is CC1(C)CCCC1Nc1ccc2c(n1)CCC2. The van der Waals surface area contributed by atoms with Crippen LogP contribution >= 0.6 is 0 Å². The van der Waals surface area contributed by atoms with Gasteiger partial charge in [-0.1, -0.05) is 26.3 Å². The molecule has 0 bridgehead atoms. The topological polar surface area (TPSA) is 24.9 Å². The van der Waals surface area contributed by atoms with Gasteiger partial charge in [0, 0.05) is 11.7 Å². The lowest BCUT2D eigenvalue weighted by Gasteiger charge is -2.28. The third-order valence-corrected chi connectivity index (χ3v) is 4.51. The third-order valence-electron chi connectivity index (χ3n) is 4.51. The molecule has 2 aliphatic rings. The first-order valence-corrected chi connectivity index (χ1v) is 6.90. The number of aromatic nitrogens is 1. The van der Waals surface area contributed by atoms with Crippen molar-refractivity contribution in [3.8, 4) is 0 Å². The molecule has 1 atom stereocenters. The smallest absolute Gasteiger partial charge is 0.126 e. The molecule has 3 rings (SSSR count). The molecule has 2 aliphatic carbocycles. The largest absolute Gasteiger partial charge is 0.367 e. The van der Waals surface area contributed by atoms with E-state index in [4.69, 9.17) is 4.98 Å². The van der Waals surface area contributed by atoms with Crippen LogP contribution in [0.5, 0.6) is 0 Å². The van der Waals surface area contributed by atoms with Crippen LogP contribution in [0.2, 0.25) is 0 Å². The summed E-state index contributed by atoms with van der Waals surface area (Å²) in [6.45, 7) is 4.73. The molecule has 2 heteroatoms. The number of rotatable bonds is 2. The van der Waals surface area contributed by atoms with Gasteiger partial charge in [0.1, 0.15) is 5.82 Å². The molecule has 0 aromatic carbocycles. The Hall–Kier alpha value is -1.05. The van der Waals surface area contributed by atoms with Crippen molar-refractivity contribution in [2.45, 2.75) is 58.4 Å². The molecule has 0 radical (unpaired) electrons. The van der Waals surface area contributed by atoms with Crippen molar-refractivity contribution in [3.05, 3.63) is 23.4 Å². The van der Waals surface area contributed by atoms with Crippen molar-refractivity contribution >= 4 is 5.82 Å². The number of hydrogen-bond donors (Lipinski definition) is 1. The summed E-state index contributed by atoms with van der Waals surface area (Å²) < 4.78 is 0. The van der Waals surface area contributed by atoms with Crippen LogP contribution in [0, 0.1) is 5.41 Å². The molecule has 1 aromatic heterocycles. The number of pyridine rings is 1. The molecule has 1 aromatic rings. The van der Waals surface area contributed by atoms with Crippen LogP contribution in [0.1, 0.15) is 50.8 Å². The minimum absolute atomic E-state index is 0.417. The molecule has 1 N–H and O–H groups in total. The van der Waals surface area contributed by atoms with Crippen LogP contribution in [0.3, 0.4) is 0 Å². The highest BCUT2D eigenvalue weighted by Crippen LogP contribution is 2.38. The molecule has 1 saturated carbocycles. The second-order valence-electron chi connectivity index (χ2n) is 6.23. The zero-order chi connectivity index (χ0) is 11.9. The van der Waals surface area contributed by atoms with Gasteiger partial charge >= 0.3 is 0 Å². The molecule has 1 heterocycles. The van der Waals surface area contributed by atoms with E-state index in [0.29, 0.717) is 11.5 Å². The van der Waals surface area contributed by atoms with Gasteiger partial charge in [-0.2, -0.15) is 0 Å². The van der Waals surface area contributed by atoms with E-state index in [-0.39, 0.29) is 0 Å². The minimum Gasteiger partial charge on any atom is -0.367 e. The van der Waals surface area contributed by atoms with Crippen molar-refractivity contribution in [2.75, 3.05) is 5.32 Å². The first-order chi connectivity index (χ1) is 8.15. The van der Waals surface area contributed by atoms with E-state index in [0.717, 1.165) is 5.82 Å². The Labute approximate surface area is 104 Å². The van der Waals surface area contributed by atoms with E-state index in [2.05, 4.69) is 31.3 Å². The van der Waals surface area contributed by atoms with Crippen LogP contribution in [0.15, 0.2) is 12.1 Å². The summed E-state index contributed by atoms with van der Waals surface area (Å²) in [7, 11) is 0.